The highest BCUT2D eigenvalue weighted by Crippen LogP contribution is 2.17. The number of benzene rings is 2. The van der Waals surface area contributed by atoms with Gasteiger partial charge in [0.05, 0.1) is 5.54 Å². The van der Waals surface area contributed by atoms with E-state index < -0.39 is 5.54 Å². The van der Waals surface area contributed by atoms with E-state index in [2.05, 4.69) is 12.0 Å². The lowest BCUT2D eigenvalue weighted by atomic mass is 10.1. The van der Waals surface area contributed by atoms with E-state index >= 15 is 0 Å². The first kappa shape index (κ1) is 19.2. The Kier molecular flexibility index (Phi) is 6.17. The van der Waals surface area contributed by atoms with Crippen LogP contribution in [0.4, 0.5) is 0 Å². The van der Waals surface area contributed by atoms with Crippen LogP contribution in [0.5, 0.6) is 5.75 Å². The van der Waals surface area contributed by atoms with Gasteiger partial charge in [0.15, 0.2) is 0 Å². The predicted molar refractivity (Wildman–Crippen MR) is 102 cm³/mol. The fraction of sp³-hybridized carbons (Fsp3) is 0.238. The first-order valence-electron chi connectivity index (χ1n) is 8.37. The van der Waals surface area contributed by atoms with Gasteiger partial charge in [0.1, 0.15) is 12.4 Å². The average Bonchev–Trinajstić information content (AvgIpc) is 2.63. The summed E-state index contributed by atoms with van der Waals surface area (Å²) < 4.78 is 5.46. The topological polar surface area (TPSA) is 58.6 Å². The van der Waals surface area contributed by atoms with Crippen molar-refractivity contribution < 1.29 is 14.3 Å². The Hall–Kier alpha value is -3.08. The molecule has 5 nitrogen and oxygen atoms in total. The van der Waals surface area contributed by atoms with Crippen molar-refractivity contribution >= 4 is 11.8 Å². The number of carbonyl (C=O) groups excluding carboxylic acids is 2. The Morgan fingerprint density at radius 3 is 2.35 bits per heavy atom. The summed E-state index contributed by atoms with van der Waals surface area (Å²) in [7, 11) is 0. The minimum absolute atomic E-state index is 0.273. The minimum atomic E-state index is -0.598. The molecule has 0 saturated heterocycles. The number of hydrazine groups is 1. The van der Waals surface area contributed by atoms with Crippen molar-refractivity contribution in [3.8, 4) is 5.75 Å². The van der Waals surface area contributed by atoms with E-state index in [9.17, 15) is 9.59 Å². The summed E-state index contributed by atoms with van der Waals surface area (Å²) in [4.78, 5) is 25.5. The summed E-state index contributed by atoms with van der Waals surface area (Å²) >= 11 is 0. The van der Waals surface area contributed by atoms with Crippen molar-refractivity contribution in [2.45, 2.75) is 26.3 Å². The van der Waals surface area contributed by atoms with Gasteiger partial charge in [0.25, 0.3) is 11.8 Å². The van der Waals surface area contributed by atoms with Crippen LogP contribution >= 0.6 is 0 Å². The highest BCUT2D eigenvalue weighted by atomic mass is 16.5. The van der Waals surface area contributed by atoms with Crippen molar-refractivity contribution in [1.29, 1.82) is 0 Å². The molecule has 2 rings (SSSR count). The first-order chi connectivity index (χ1) is 12.3. The molecule has 0 aromatic heterocycles. The number of carbonyl (C=O) groups is 2. The second-order valence-electron chi connectivity index (χ2n) is 6.75. The van der Waals surface area contributed by atoms with Gasteiger partial charge in [-0.25, -0.2) is 5.01 Å². The molecule has 0 spiro atoms. The molecule has 0 heterocycles. The fourth-order valence-corrected chi connectivity index (χ4v) is 2.28. The van der Waals surface area contributed by atoms with Gasteiger partial charge in [-0.3, -0.25) is 15.0 Å². The van der Waals surface area contributed by atoms with E-state index in [0.717, 1.165) is 0 Å². The van der Waals surface area contributed by atoms with Crippen LogP contribution in [0.15, 0.2) is 67.3 Å². The number of ether oxygens (including phenoxy) is 1. The van der Waals surface area contributed by atoms with E-state index in [-0.39, 0.29) is 11.8 Å². The van der Waals surface area contributed by atoms with Crippen LogP contribution in [0.25, 0.3) is 0 Å². The highest BCUT2D eigenvalue weighted by molar-refractivity contribution is 5.99. The third-order valence-corrected chi connectivity index (χ3v) is 3.57. The Balaban J connectivity index is 2.22. The Morgan fingerprint density at radius 1 is 1.08 bits per heavy atom. The first-order valence-corrected chi connectivity index (χ1v) is 8.37. The molecule has 0 aliphatic heterocycles. The lowest BCUT2D eigenvalue weighted by Gasteiger charge is -2.35. The highest BCUT2D eigenvalue weighted by Gasteiger charge is 2.29. The molecule has 0 atom stereocenters. The zero-order valence-electron chi connectivity index (χ0n) is 15.4. The SMILES string of the molecule is C=CCOc1cccc(C(=O)NN(C(=O)c2ccccc2)C(C)(C)C)c1. The van der Waals surface area contributed by atoms with Gasteiger partial charge >= 0.3 is 0 Å². The number of nitrogens with one attached hydrogen (secondary N) is 1. The van der Waals surface area contributed by atoms with Gasteiger partial charge in [-0.1, -0.05) is 36.9 Å². The molecule has 136 valence electrons. The maximum Gasteiger partial charge on any atom is 0.272 e. The molecule has 5 heteroatoms. The third kappa shape index (κ3) is 4.96. The molecule has 0 fully saturated rings. The van der Waals surface area contributed by atoms with Crippen LogP contribution in [-0.4, -0.2) is 29.0 Å². The van der Waals surface area contributed by atoms with Crippen molar-refractivity contribution in [3.63, 3.8) is 0 Å². The molecule has 0 saturated carbocycles. The van der Waals surface area contributed by atoms with E-state index in [1.54, 1.807) is 54.6 Å². The van der Waals surface area contributed by atoms with Crippen LogP contribution in [0.2, 0.25) is 0 Å². The van der Waals surface area contributed by atoms with Crippen molar-refractivity contribution in [1.82, 2.24) is 10.4 Å². The van der Waals surface area contributed by atoms with E-state index in [1.165, 1.54) is 5.01 Å². The minimum Gasteiger partial charge on any atom is -0.490 e. The molecule has 0 aliphatic rings. The standard InChI is InChI=1S/C21H24N2O3/c1-5-14-26-18-13-9-12-17(15-18)19(24)22-23(21(2,3)4)20(25)16-10-7-6-8-11-16/h5-13,15H,1,14H2,2-4H3,(H,22,24). The second kappa shape index (κ2) is 8.34. The molecule has 26 heavy (non-hydrogen) atoms. The van der Waals surface area contributed by atoms with Gasteiger partial charge < -0.3 is 4.74 Å². The summed E-state index contributed by atoms with van der Waals surface area (Å²) in [6.07, 6.45) is 1.63. The molecular weight excluding hydrogens is 328 g/mol. The summed E-state index contributed by atoms with van der Waals surface area (Å²) in [5, 5.41) is 1.35. The van der Waals surface area contributed by atoms with E-state index in [0.29, 0.717) is 23.5 Å². The summed E-state index contributed by atoms with van der Waals surface area (Å²) in [5.41, 5.74) is 3.04. The van der Waals surface area contributed by atoms with Crippen LogP contribution in [0.3, 0.4) is 0 Å². The molecule has 1 N–H and O–H groups in total. The smallest absolute Gasteiger partial charge is 0.272 e. The number of nitrogens with zero attached hydrogens (tertiary/aromatic N) is 1. The fourth-order valence-electron chi connectivity index (χ4n) is 2.28. The van der Waals surface area contributed by atoms with Crippen LogP contribution in [-0.2, 0) is 0 Å². The molecular formula is C21H24N2O3. The lowest BCUT2D eigenvalue weighted by molar-refractivity contribution is 0.0358. The van der Waals surface area contributed by atoms with E-state index in [1.807, 2.05) is 26.8 Å². The van der Waals surface area contributed by atoms with Gasteiger partial charge in [0, 0.05) is 11.1 Å². The average molecular weight is 352 g/mol. The van der Waals surface area contributed by atoms with Gasteiger partial charge in [-0.05, 0) is 51.1 Å². The number of amides is 2. The van der Waals surface area contributed by atoms with Crippen molar-refractivity contribution in [2.24, 2.45) is 0 Å². The van der Waals surface area contributed by atoms with Crippen LogP contribution < -0.4 is 10.2 Å². The number of hydrogen-bond donors (Lipinski definition) is 1. The quantitative estimate of drug-likeness (QED) is 0.657. The monoisotopic (exact) mass is 352 g/mol. The molecule has 2 aromatic carbocycles. The normalized spacial score (nSPS) is 10.7. The molecule has 2 aromatic rings. The van der Waals surface area contributed by atoms with Crippen molar-refractivity contribution in [3.05, 3.63) is 78.4 Å². The second-order valence-corrected chi connectivity index (χ2v) is 6.75. The predicted octanol–water partition coefficient (Wildman–Crippen LogP) is 3.84. The maximum atomic E-state index is 12.8. The molecule has 0 radical (unpaired) electrons. The van der Waals surface area contributed by atoms with E-state index in [4.69, 9.17) is 4.74 Å². The maximum absolute atomic E-state index is 12.8. The molecule has 0 aliphatic carbocycles. The zero-order valence-corrected chi connectivity index (χ0v) is 15.4. The van der Waals surface area contributed by atoms with Crippen LogP contribution in [0.1, 0.15) is 41.5 Å². The van der Waals surface area contributed by atoms with Gasteiger partial charge in [0.2, 0.25) is 0 Å². The molecule has 0 unspecified atom stereocenters. The Labute approximate surface area is 154 Å². The molecule has 0 bridgehead atoms. The number of rotatable bonds is 5. The summed E-state index contributed by atoms with van der Waals surface area (Å²) in [6, 6.07) is 15.6. The summed E-state index contributed by atoms with van der Waals surface area (Å²) in [6.45, 7) is 9.53. The zero-order chi connectivity index (χ0) is 19.2. The van der Waals surface area contributed by atoms with Crippen LogP contribution in [0, 0.1) is 0 Å². The van der Waals surface area contributed by atoms with Gasteiger partial charge in [-0.15, -0.1) is 0 Å². The van der Waals surface area contributed by atoms with Crippen molar-refractivity contribution in [2.75, 3.05) is 6.61 Å². The summed E-state index contributed by atoms with van der Waals surface area (Å²) in [5.74, 6) is -0.0898. The number of hydrogen-bond acceptors (Lipinski definition) is 3. The largest absolute Gasteiger partial charge is 0.490 e. The Bertz CT molecular complexity index is 779. The lowest BCUT2D eigenvalue weighted by Crippen LogP contribution is -2.55. The third-order valence-electron chi connectivity index (χ3n) is 3.57. The Morgan fingerprint density at radius 2 is 1.73 bits per heavy atom. The molecule has 2 amide bonds. The van der Waals surface area contributed by atoms with Gasteiger partial charge in [-0.2, -0.15) is 0 Å².